The van der Waals surface area contributed by atoms with Crippen LogP contribution in [-0.4, -0.2) is 18.1 Å². The lowest BCUT2D eigenvalue weighted by molar-refractivity contribution is 0.295. The van der Waals surface area contributed by atoms with Gasteiger partial charge in [0.2, 0.25) is 0 Å². The maximum atomic E-state index is 6.54. The average Bonchev–Trinajstić information content (AvgIpc) is 2.80. The molecule has 0 unspecified atom stereocenters. The molecule has 0 radical (unpaired) electrons. The quantitative estimate of drug-likeness (QED) is 0.336. The van der Waals surface area contributed by atoms with Crippen LogP contribution in [0.25, 0.3) is 22.0 Å². The second kappa shape index (κ2) is 9.41. The highest BCUT2D eigenvalue weighted by Gasteiger charge is 2.18. The van der Waals surface area contributed by atoms with Crippen molar-refractivity contribution in [2.45, 2.75) is 32.7 Å². The van der Waals surface area contributed by atoms with Gasteiger partial charge in [-0.1, -0.05) is 60.7 Å². The molecule has 1 heterocycles. The van der Waals surface area contributed by atoms with Crippen molar-refractivity contribution in [1.29, 1.82) is 0 Å². The van der Waals surface area contributed by atoms with Gasteiger partial charge in [-0.25, -0.2) is 0 Å². The highest BCUT2D eigenvalue weighted by Crippen LogP contribution is 2.35. The summed E-state index contributed by atoms with van der Waals surface area (Å²) >= 11 is 0. The molecular formula is C28H31N3O. The van der Waals surface area contributed by atoms with Crippen molar-refractivity contribution in [3.63, 3.8) is 0 Å². The third kappa shape index (κ3) is 4.76. The smallest absolute Gasteiger partial charge is 0.119 e. The number of para-hydroxylation sites is 1. The molecule has 32 heavy (non-hydrogen) atoms. The number of nitrogens with one attached hydrogen (secondary N) is 1. The number of ether oxygens (including phenoxy) is 1. The van der Waals surface area contributed by atoms with Crippen molar-refractivity contribution in [3.8, 4) is 16.9 Å². The molecule has 3 N–H and O–H groups in total. The van der Waals surface area contributed by atoms with Crippen molar-refractivity contribution >= 4 is 16.6 Å². The lowest BCUT2D eigenvalue weighted by atomic mass is 9.94. The van der Waals surface area contributed by atoms with E-state index in [1.165, 1.54) is 5.56 Å². The second-order valence-electron chi connectivity index (χ2n) is 8.65. The third-order valence-corrected chi connectivity index (χ3v) is 5.89. The van der Waals surface area contributed by atoms with Crippen LogP contribution in [0.3, 0.4) is 0 Å². The first-order chi connectivity index (χ1) is 15.5. The van der Waals surface area contributed by atoms with E-state index in [4.69, 9.17) is 15.5 Å². The summed E-state index contributed by atoms with van der Waals surface area (Å²) in [5, 5.41) is 4.60. The van der Waals surface area contributed by atoms with E-state index in [9.17, 15) is 0 Å². The summed E-state index contributed by atoms with van der Waals surface area (Å²) in [6, 6.07) is 26.6. The number of anilines is 1. The predicted octanol–water partition coefficient (Wildman–Crippen LogP) is 6.09. The maximum Gasteiger partial charge on any atom is 0.119 e. The number of hydrogen-bond donors (Lipinski definition) is 2. The standard InChI is InChI=1S/C28H31N3O/c1-20-26(27(29)24-15-7-8-16-25(24)31-20)21-11-9-14-23(19-21)32-18-10-17-30-28(2,3)22-12-5-4-6-13-22/h4-9,11-16,19,30H,10,17-18H2,1-3H3,(H2,29,31). The molecule has 4 heteroatoms. The van der Waals surface area contributed by atoms with Gasteiger partial charge in [0.15, 0.2) is 0 Å². The molecule has 3 aromatic carbocycles. The van der Waals surface area contributed by atoms with E-state index in [-0.39, 0.29) is 5.54 Å². The molecule has 4 aromatic rings. The number of nitrogens with two attached hydrogens (primary N) is 1. The van der Waals surface area contributed by atoms with E-state index >= 15 is 0 Å². The van der Waals surface area contributed by atoms with Crippen LogP contribution in [0.4, 0.5) is 5.69 Å². The van der Waals surface area contributed by atoms with E-state index in [2.05, 4.69) is 55.6 Å². The lowest BCUT2D eigenvalue weighted by Gasteiger charge is -2.27. The van der Waals surface area contributed by atoms with Crippen LogP contribution in [0.1, 0.15) is 31.5 Å². The van der Waals surface area contributed by atoms with E-state index in [0.717, 1.165) is 52.1 Å². The normalized spacial score (nSPS) is 11.6. The van der Waals surface area contributed by atoms with Crippen molar-refractivity contribution in [2.24, 2.45) is 0 Å². The summed E-state index contributed by atoms with van der Waals surface area (Å²) in [4.78, 5) is 4.75. The van der Waals surface area contributed by atoms with Crippen molar-refractivity contribution in [3.05, 3.63) is 90.1 Å². The second-order valence-corrected chi connectivity index (χ2v) is 8.65. The Morgan fingerprint density at radius 2 is 1.69 bits per heavy atom. The monoisotopic (exact) mass is 425 g/mol. The largest absolute Gasteiger partial charge is 0.494 e. The highest BCUT2D eigenvalue weighted by atomic mass is 16.5. The predicted molar refractivity (Wildman–Crippen MR) is 134 cm³/mol. The zero-order chi connectivity index (χ0) is 22.6. The van der Waals surface area contributed by atoms with E-state index in [0.29, 0.717) is 6.61 Å². The number of nitrogens with zero attached hydrogens (tertiary/aromatic N) is 1. The Hall–Kier alpha value is -3.37. The molecule has 0 aliphatic rings. The van der Waals surface area contributed by atoms with Gasteiger partial charge in [-0.15, -0.1) is 0 Å². The fourth-order valence-corrected chi connectivity index (χ4v) is 4.09. The van der Waals surface area contributed by atoms with Crippen LogP contribution in [0.2, 0.25) is 0 Å². The molecule has 0 bridgehead atoms. The number of hydrogen-bond acceptors (Lipinski definition) is 4. The zero-order valence-electron chi connectivity index (χ0n) is 19.1. The first kappa shape index (κ1) is 21.8. The average molecular weight is 426 g/mol. The highest BCUT2D eigenvalue weighted by molar-refractivity contribution is 5.99. The van der Waals surface area contributed by atoms with Crippen molar-refractivity contribution in [2.75, 3.05) is 18.9 Å². The molecule has 4 nitrogen and oxygen atoms in total. The summed E-state index contributed by atoms with van der Waals surface area (Å²) in [5.74, 6) is 0.844. The van der Waals surface area contributed by atoms with E-state index < -0.39 is 0 Å². The Balaban J connectivity index is 1.40. The fraction of sp³-hybridized carbons (Fsp3) is 0.250. The van der Waals surface area contributed by atoms with Gasteiger partial charge < -0.3 is 15.8 Å². The van der Waals surface area contributed by atoms with Gasteiger partial charge in [-0.2, -0.15) is 0 Å². The number of fused-ring (bicyclic) bond motifs is 1. The Morgan fingerprint density at radius 3 is 2.50 bits per heavy atom. The molecule has 0 amide bonds. The lowest BCUT2D eigenvalue weighted by Crippen LogP contribution is -2.37. The molecule has 4 rings (SSSR count). The van der Waals surface area contributed by atoms with Crippen LogP contribution in [-0.2, 0) is 5.54 Å². The summed E-state index contributed by atoms with van der Waals surface area (Å²) in [6.45, 7) is 7.94. The molecule has 0 saturated heterocycles. The summed E-state index contributed by atoms with van der Waals surface area (Å²) in [7, 11) is 0. The Kier molecular flexibility index (Phi) is 6.42. The number of nitrogen functional groups attached to an aromatic ring is 1. The van der Waals surface area contributed by atoms with Gasteiger partial charge >= 0.3 is 0 Å². The number of pyridine rings is 1. The third-order valence-electron chi connectivity index (χ3n) is 5.89. The molecule has 0 fully saturated rings. The molecule has 0 saturated carbocycles. The number of aryl methyl sites for hydroxylation is 1. The first-order valence-corrected chi connectivity index (χ1v) is 11.1. The molecule has 164 valence electrons. The molecule has 1 aromatic heterocycles. The maximum absolute atomic E-state index is 6.54. The van der Waals surface area contributed by atoms with Gasteiger partial charge in [0.25, 0.3) is 0 Å². The fourth-order valence-electron chi connectivity index (χ4n) is 4.09. The van der Waals surface area contributed by atoms with Gasteiger partial charge in [0.1, 0.15) is 5.75 Å². The van der Waals surface area contributed by atoms with Gasteiger partial charge in [0.05, 0.1) is 17.8 Å². The van der Waals surface area contributed by atoms with Crippen LogP contribution in [0.15, 0.2) is 78.9 Å². The Bertz CT molecular complexity index is 1200. The summed E-state index contributed by atoms with van der Waals surface area (Å²) in [5.41, 5.74) is 12.4. The minimum atomic E-state index is -0.0701. The number of benzene rings is 3. The Labute approximate surface area is 190 Å². The zero-order valence-corrected chi connectivity index (χ0v) is 19.1. The van der Waals surface area contributed by atoms with Crippen molar-refractivity contribution < 1.29 is 4.74 Å². The van der Waals surface area contributed by atoms with Gasteiger partial charge in [0, 0.05) is 22.2 Å². The van der Waals surface area contributed by atoms with Crippen LogP contribution in [0, 0.1) is 6.92 Å². The van der Waals surface area contributed by atoms with Crippen LogP contribution in [0.5, 0.6) is 5.75 Å². The minimum Gasteiger partial charge on any atom is -0.494 e. The van der Waals surface area contributed by atoms with Crippen molar-refractivity contribution in [1.82, 2.24) is 10.3 Å². The molecule has 0 aliphatic heterocycles. The van der Waals surface area contributed by atoms with Crippen LogP contribution < -0.4 is 15.8 Å². The van der Waals surface area contributed by atoms with E-state index in [1.807, 2.05) is 49.4 Å². The summed E-state index contributed by atoms with van der Waals surface area (Å²) in [6.07, 6.45) is 0.916. The first-order valence-electron chi connectivity index (χ1n) is 11.1. The van der Waals surface area contributed by atoms with Gasteiger partial charge in [-0.05, 0) is 63.1 Å². The molecule has 0 atom stereocenters. The number of rotatable bonds is 8. The SMILES string of the molecule is Cc1nc2ccccc2c(N)c1-c1cccc(OCCCNC(C)(C)c2ccccc2)c1. The molecule has 0 aliphatic carbocycles. The number of aromatic nitrogens is 1. The molecular weight excluding hydrogens is 394 g/mol. The van der Waals surface area contributed by atoms with E-state index in [1.54, 1.807) is 0 Å². The van der Waals surface area contributed by atoms with Gasteiger partial charge in [-0.3, -0.25) is 4.98 Å². The summed E-state index contributed by atoms with van der Waals surface area (Å²) < 4.78 is 6.05. The van der Waals surface area contributed by atoms with Crippen LogP contribution >= 0.6 is 0 Å². The minimum absolute atomic E-state index is 0.0701. The topological polar surface area (TPSA) is 60.2 Å². The molecule has 0 spiro atoms. The Morgan fingerprint density at radius 1 is 0.938 bits per heavy atom.